The van der Waals surface area contributed by atoms with E-state index in [2.05, 4.69) is 15.9 Å². The molecule has 0 saturated heterocycles. The monoisotopic (exact) mass is 294 g/mol. The Morgan fingerprint density at radius 1 is 1.57 bits per heavy atom. The molecule has 1 unspecified atom stereocenters. The zero-order chi connectivity index (χ0) is 10.7. The van der Waals surface area contributed by atoms with Gasteiger partial charge >= 0.3 is 0 Å². The highest BCUT2D eigenvalue weighted by Gasteiger charge is 2.12. The van der Waals surface area contributed by atoms with Crippen LogP contribution >= 0.6 is 39.1 Å². The van der Waals surface area contributed by atoms with Crippen molar-refractivity contribution in [2.75, 3.05) is 0 Å². The van der Waals surface area contributed by atoms with E-state index >= 15 is 0 Å². The standard InChI is InChI=1S/C10H9BrCl2O/c1-6(10(13)14)4-7-5-8(12)2-3-9(7)11/h2-3,5-6H,4H2,1H3. The first-order valence-corrected chi connectivity index (χ1v) is 5.69. The number of carbonyl (C=O) groups is 1. The van der Waals surface area contributed by atoms with Crippen LogP contribution in [-0.2, 0) is 11.2 Å². The molecule has 0 amide bonds. The molecule has 14 heavy (non-hydrogen) atoms. The predicted molar refractivity (Wildman–Crippen MR) is 62.9 cm³/mol. The van der Waals surface area contributed by atoms with Gasteiger partial charge in [-0.25, -0.2) is 0 Å². The van der Waals surface area contributed by atoms with Crippen molar-refractivity contribution in [3.8, 4) is 0 Å². The van der Waals surface area contributed by atoms with E-state index in [-0.39, 0.29) is 11.2 Å². The van der Waals surface area contributed by atoms with Gasteiger partial charge in [-0.2, -0.15) is 0 Å². The normalized spacial score (nSPS) is 12.6. The van der Waals surface area contributed by atoms with Gasteiger partial charge in [-0.15, -0.1) is 0 Å². The topological polar surface area (TPSA) is 17.1 Å². The Labute approximate surface area is 102 Å². The quantitative estimate of drug-likeness (QED) is 0.769. The molecule has 0 aliphatic rings. The Hall–Kier alpha value is -0.0500. The van der Waals surface area contributed by atoms with Gasteiger partial charge in [-0.1, -0.05) is 34.5 Å². The van der Waals surface area contributed by atoms with Gasteiger partial charge in [-0.05, 0) is 41.8 Å². The minimum Gasteiger partial charge on any atom is -0.281 e. The number of halogens is 3. The molecule has 1 nitrogen and oxygen atoms in total. The highest BCUT2D eigenvalue weighted by Crippen LogP contribution is 2.24. The molecular weight excluding hydrogens is 287 g/mol. The minimum absolute atomic E-state index is 0.188. The highest BCUT2D eigenvalue weighted by atomic mass is 79.9. The lowest BCUT2D eigenvalue weighted by Gasteiger charge is -2.08. The maximum Gasteiger partial charge on any atom is 0.224 e. The molecule has 0 aliphatic heterocycles. The number of carbonyl (C=O) groups excluding carboxylic acids is 1. The Kier molecular flexibility index (Phi) is 4.42. The number of hydrogen-bond donors (Lipinski definition) is 0. The van der Waals surface area contributed by atoms with E-state index in [1.54, 1.807) is 13.0 Å². The molecule has 1 aromatic carbocycles. The van der Waals surface area contributed by atoms with Gasteiger partial charge in [0.2, 0.25) is 5.24 Å². The lowest BCUT2D eigenvalue weighted by molar-refractivity contribution is -0.114. The first-order chi connectivity index (χ1) is 6.50. The van der Waals surface area contributed by atoms with Crippen LogP contribution in [0.4, 0.5) is 0 Å². The molecule has 0 heterocycles. The van der Waals surface area contributed by atoms with Gasteiger partial charge in [-0.3, -0.25) is 4.79 Å². The molecule has 0 saturated carbocycles. The van der Waals surface area contributed by atoms with Crippen molar-refractivity contribution < 1.29 is 4.79 Å². The third-order valence-electron chi connectivity index (χ3n) is 1.92. The molecule has 76 valence electrons. The summed E-state index contributed by atoms with van der Waals surface area (Å²) in [5, 5.41) is 0.342. The molecule has 0 aromatic heterocycles. The Balaban J connectivity index is 2.85. The third-order valence-corrected chi connectivity index (χ3v) is 3.30. The van der Waals surface area contributed by atoms with Crippen molar-refractivity contribution in [3.63, 3.8) is 0 Å². The SMILES string of the molecule is CC(Cc1cc(Cl)ccc1Br)C(=O)Cl. The second-order valence-corrected chi connectivity index (χ2v) is 4.81. The van der Waals surface area contributed by atoms with Crippen LogP contribution in [0.5, 0.6) is 0 Å². The first-order valence-electron chi connectivity index (χ1n) is 4.14. The zero-order valence-corrected chi connectivity index (χ0v) is 10.7. The number of rotatable bonds is 3. The fourth-order valence-electron chi connectivity index (χ4n) is 1.11. The molecule has 1 atom stereocenters. The maximum atomic E-state index is 10.9. The fourth-order valence-corrected chi connectivity index (χ4v) is 1.79. The summed E-state index contributed by atoms with van der Waals surface area (Å²) in [5.74, 6) is -0.188. The third kappa shape index (κ3) is 3.26. The van der Waals surface area contributed by atoms with Crippen molar-refractivity contribution in [3.05, 3.63) is 33.3 Å². The molecule has 0 radical (unpaired) electrons. The second kappa shape index (κ2) is 5.15. The maximum absolute atomic E-state index is 10.9. The summed E-state index contributed by atoms with van der Waals surface area (Å²) in [7, 11) is 0. The average Bonchev–Trinajstić information content (AvgIpc) is 2.11. The van der Waals surface area contributed by atoms with Crippen LogP contribution in [0.2, 0.25) is 5.02 Å². The molecule has 1 aromatic rings. The molecule has 4 heteroatoms. The first kappa shape index (κ1) is 12.0. The molecule has 0 spiro atoms. The van der Waals surface area contributed by atoms with Gasteiger partial charge in [0.25, 0.3) is 0 Å². The summed E-state index contributed by atoms with van der Waals surface area (Å²) in [6.07, 6.45) is 0.601. The molecule has 0 bridgehead atoms. The van der Waals surface area contributed by atoms with Crippen molar-refractivity contribution in [2.24, 2.45) is 5.92 Å². The van der Waals surface area contributed by atoms with Crippen LogP contribution < -0.4 is 0 Å². The zero-order valence-electron chi connectivity index (χ0n) is 7.56. The van der Waals surface area contributed by atoms with Crippen LogP contribution in [-0.4, -0.2) is 5.24 Å². The summed E-state index contributed by atoms with van der Waals surface area (Å²) in [6.45, 7) is 1.79. The fraction of sp³-hybridized carbons (Fsp3) is 0.300. The van der Waals surface area contributed by atoms with Gasteiger partial charge in [0, 0.05) is 15.4 Å². The summed E-state index contributed by atoms with van der Waals surface area (Å²) < 4.78 is 0.951. The summed E-state index contributed by atoms with van der Waals surface area (Å²) >= 11 is 14.6. The van der Waals surface area contributed by atoms with E-state index in [0.29, 0.717) is 11.4 Å². The van der Waals surface area contributed by atoms with Crippen LogP contribution in [0.1, 0.15) is 12.5 Å². The average molecular weight is 296 g/mol. The van der Waals surface area contributed by atoms with E-state index in [0.717, 1.165) is 10.0 Å². The molecule has 1 rings (SSSR count). The Morgan fingerprint density at radius 2 is 2.21 bits per heavy atom. The van der Waals surface area contributed by atoms with Crippen LogP contribution in [0, 0.1) is 5.92 Å². The lowest BCUT2D eigenvalue weighted by atomic mass is 10.0. The van der Waals surface area contributed by atoms with Crippen LogP contribution in [0.25, 0.3) is 0 Å². The summed E-state index contributed by atoms with van der Waals surface area (Å²) in [5.41, 5.74) is 0.999. The number of benzene rings is 1. The lowest BCUT2D eigenvalue weighted by Crippen LogP contribution is -2.07. The van der Waals surface area contributed by atoms with Gasteiger partial charge in [0.15, 0.2) is 0 Å². The molecule has 0 N–H and O–H groups in total. The highest BCUT2D eigenvalue weighted by molar-refractivity contribution is 9.10. The van der Waals surface area contributed by atoms with Crippen LogP contribution in [0.3, 0.4) is 0 Å². The summed E-state index contributed by atoms with van der Waals surface area (Å²) in [6, 6.07) is 5.49. The van der Waals surface area contributed by atoms with E-state index in [1.807, 2.05) is 12.1 Å². The van der Waals surface area contributed by atoms with Crippen molar-refractivity contribution >= 4 is 44.4 Å². The second-order valence-electron chi connectivity index (χ2n) is 3.15. The van der Waals surface area contributed by atoms with E-state index < -0.39 is 0 Å². The van der Waals surface area contributed by atoms with Gasteiger partial charge in [0.05, 0.1) is 0 Å². The Bertz CT molecular complexity index is 352. The van der Waals surface area contributed by atoms with Gasteiger partial charge < -0.3 is 0 Å². The van der Waals surface area contributed by atoms with E-state index in [1.165, 1.54) is 0 Å². The molecular formula is C10H9BrCl2O. The molecule has 0 fully saturated rings. The molecule has 0 aliphatic carbocycles. The van der Waals surface area contributed by atoms with E-state index in [9.17, 15) is 4.79 Å². The predicted octanol–water partition coefficient (Wildman–Crippen LogP) is 4.05. The summed E-state index contributed by atoms with van der Waals surface area (Å²) in [4.78, 5) is 10.9. The smallest absolute Gasteiger partial charge is 0.224 e. The van der Waals surface area contributed by atoms with E-state index in [4.69, 9.17) is 23.2 Å². The van der Waals surface area contributed by atoms with Crippen molar-refractivity contribution in [1.29, 1.82) is 0 Å². The van der Waals surface area contributed by atoms with Gasteiger partial charge in [0.1, 0.15) is 0 Å². The van der Waals surface area contributed by atoms with Crippen LogP contribution in [0.15, 0.2) is 22.7 Å². The van der Waals surface area contributed by atoms with Crippen molar-refractivity contribution in [2.45, 2.75) is 13.3 Å². The van der Waals surface area contributed by atoms with Crippen molar-refractivity contribution in [1.82, 2.24) is 0 Å². The largest absolute Gasteiger partial charge is 0.281 e. The minimum atomic E-state index is -0.322. The number of hydrogen-bond acceptors (Lipinski definition) is 1. The Morgan fingerprint density at radius 3 is 2.79 bits per heavy atom.